The highest BCUT2D eigenvalue weighted by Gasteiger charge is 2.18. The summed E-state index contributed by atoms with van der Waals surface area (Å²) in [6.07, 6.45) is 3.07. The minimum absolute atomic E-state index is 0.134. The number of methoxy groups -OCH3 is 1. The number of pyridine rings is 1. The number of rotatable bonds is 4. The standard InChI is InChI=1S/C19H14ClN5O2S/c1-10-7-12(11-5-3-4-6-15(11)27-2)13(8-21-10)16(26)24-19-23-14-9-22-18(20)25-17(14)28-19/h3-9H,1-2H3,(H,23,24,26). The minimum atomic E-state index is -0.327. The summed E-state index contributed by atoms with van der Waals surface area (Å²) in [5.74, 6) is 0.346. The molecule has 0 bridgehead atoms. The maximum Gasteiger partial charge on any atom is 0.259 e. The number of amides is 1. The van der Waals surface area contributed by atoms with E-state index in [0.717, 1.165) is 16.8 Å². The number of nitrogens with one attached hydrogen (secondary N) is 1. The Kier molecular flexibility index (Phi) is 4.89. The fourth-order valence-electron chi connectivity index (χ4n) is 2.76. The van der Waals surface area contributed by atoms with Gasteiger partial charge in [0, 0.05) is 23.0 Å². The van der Waals surface area contributed by atoms with E-state index in [1.54, 1.807) is 13.3 Å². The van der Waals surface area contributed by atoms with Crippen LogP contribution in [0.1, 0.15) is 16.1 Å². The Labute approximate surface area is 169 Å². The zero-order valence-corrected chi connectivity index (χ0v) is 16.5. The van der Waals surface area contributed by atoms with Gasteiger partial charge in [-0.2, -0.15) is 0 Å². The molecule has 3 aromatic heterocycles. The van der Waals surface area contributed by atoms with Crippen LogP contribution in [0.3, 0.4) is 0 Å². The SMILES string of the molecule is COc1ccccc1-c1cc(C)ncc1C(=O)Nc1nc2cnc(Cl)nc2s1. The van der Waals surface area contributed by atoms with Crippen molar-refractivity contribution in [3.8, 4) is 16.9 Å². The number of thiazole rings is 1. The molecular weight excluding hydrogens is 398 g/mol. The fraction of sp³-hybridized carbons (Fsp3) is 0.105. The molecule has 0 aliphatic heterocycles. The number of carbonyl (C=O) groups excluding carboxylic acids is 1. The van der Waals surface area contributed by atoms with E-state index in [0.29, 0.717) is 26.8 Å². The molecule has 0 radical (unpaired) electrons. The largest absolute Gasteiger partial charge is 0.496 e. The van der Waals surface area contributed by atoms with Gasteiger partial charge in [0.25, 0.3) is 5.91 Å². The molecule has 28 heavy (non-hydrogen) atoms. The zero-order valence-electron chi connectivity index (χ0n) is 14.9. The Morgan fingerprint density at radius 3 is 2.79 bits per heavy atom. The third-order valence-corrected chi connectivity index (χ3v) is 5.09. The minimum Gasteiger partial charge on any atom is -0.496 e. The average molecular weight is 412 g/mol. The van der Waals surface area contributed by atoms with E-state index in [4.69, 9.17) is 16.3 Å². The van der Waals surface area contributed by atoms with E-state index >= 15 is 0 Å². The van der Waals surface area contributed by atoms with Gasteiger partial charge in [-0.3, -0.25) is 15.1 Å². The van der Waals surface area contributed by atoms with Crippen molar-refractivity contribution in [1.29, 1.82) is 0 Å². The molecule has 1 aromatic carbocycles. The predicted molar refractivity (Wildman–Crippen MR) is 109 cm³/mol. The second kappa shape index (κ2) is 7.49. The number of hydrogen-bond donors (Lipinski definition) is 1. The van der Waals surface area contributed by atoms with Crippen LogP contribution in [0.25, 0.3) is 21.5 Å². The molecular formula is C19H14ClN5O2S. The second-order valence-electron chi connectivity index (χ2n) is 5.87. The molecule has 0 unspecified atom stereocenters. The van der Waals surface area contributed by atoms with Crippen molar-refractivity contribution >= 4 is 44.3 Å². The van der Waals surface area contributed by atoms with Gasteiger partial charge in [0.05, 0.1) is 18.9 Å². The first kappa shape index (κ1) is 18.3. The molecule has 3 heterocycles. The van der Waals surface area contributed by atoms with Gasteiger partial charge in [0.1, 0.15) is 16.1 Å². The zero-order chi connectivity index (χ0) is 19.7. The second-order valence-corrected chi connectivity index (χ2v) is 7.19. The van der Waals surface area contributed by atoms with Gasteiger partial charge in [-0.15, -0.1) is 0 Å². The maximum absolute atomic E-state index is 13.0. The molecule has 0 fully saturated rings. The van der Waals surface area contributed by atoms with Crippen LogP contribution in [0.2, 0.25) is 5.28 Å². The highest BCUT2D eigenvalue weighted by molar-refractivity contribution is 7.22. The van der Waals surface area contributed by atoms with Crippen LogP contribution in [0.4, 0.5) is 5.13 Å². The molecule has 1 amide bonds. The highest BCUT2D eigenvalue weighted by atomic mass is 35.5. The van der Waals surface area contributed by atoms with E-state index in [2.05, 4.69) is 25.3 Å². The summed E-state index contributed by atoms with van der Waals surface area (Å²) < 4.78 is 5.45. The smallest absolute Gasteiger partial charge is 0.259 e. The van der Waals surface area contributed by atoms with Gasteiger partial charge in [0.15, 0.2) is 5.13 Å². The van der Waals surface area contributed by atoms with E-state index < -0.39 is 0 Å². The number of aryl methyl sites for hydroxylation is 1. The van der Waals surface area contributed by atoms with E-state index in [-0.39, 0.29) is 11.2 Å². The van der Waals surface area contributed by atoms with Crippen LogP contribution in [0, 0.1) is 6.92 Å². The summed E-state index contributed by atoms with van der Waals surface area (Å²) in [5, 5.41) is 3.35. The lowest BCUT2D eigenvalue weighted by Gasteiger charge is -2.13. The first-order valence-corrected chi connectivity index (χ1v) is 9.45. The van der Waals surface area contributed by atoms with Crippen LogP contribution in [0.5, 0.6) is 5.75 Å². The number of nitrogens with zero attached hydrogens (tertiary/aromatic N) is 4. The number of fused-ring (bicyclic) bond motifs is 1. The summed E-state index contributed by atoms with van der Waals surface area (Å²) >= 11 is 7.03. The maximum atomic E-state index is 13.0. The quantitative estimate of drug-likeness (QED) is 0.501. The van der Waals surface area contributed by atoms with Crippen molar-refractivity contribution in [3.63, 3.8) is 0 Å². The Morgan fingerprint density at radius 2 is 1.96 bits per heavy atom. The van der Waals surface area contributed by atoms with Gasteiger partial charge >= 0.3 is 0 Å². The van der Waals surface area contributed by atoms with Crippen molar-refractivity contribution in [2.45, 2.75) is 6.92 Å². The number of aromatic nitrogens is 4. The van der Waals surface area contributed by atoms with Crippen molar-refractivity contribution < 1.29 is 9.53 Å². The number of benzene rings is 1. The summed E-state index contributed by atoms with van der Waals surface area (Å²) in [6.45, 7) is 1.87. The third kappa shape index (κ3) is 3.51. The van der Waals surface area contributed by atoms with E-state index in [1.807, 2.05) is 37.3 Å². The molecule has 7 nitrogen and oxygen atoms in total. The number of para-hydroxylation sites is 1. The molecule has 0 spiro atoms. The Bertz CT molecular complexity index is 1190. The van der Waals surface area contributed by atoms with Crippen LogP contribution >= 0.6 is 22.9 Å². The molecule has 0 aliphatic rings. The highest BCUT2D eigenvalue weighted by Crippen LogP contribution is 2.33. The van der Waals surface area contributed by atoms with Crippen LogP contribution in [-0.2, 0) is 0 Å². The molecule has 140 valence electrons. The molecule has 0 saturated carbocycles. The third-order valence-electron chi connectivity index (χ3n) is 4.02. The Balaban J connectivity index is 1.73. The molecule has 0 atom stereocenters. The lowest BCUT2D eigenvalue weighted by Crippen LogP contribution is -2.14. The summed E-state index contributed by atoms with van der Waals surface area (Å²) in [6, 6.07) is 9.38. The van der Waals surface area contributed by atoms with E-state index in [1.165, 1.54) is 17.5 Å². The lowest BCUT2D eigenvalue weighted by atomic mass is 9.99. The molecule has 4 rings (SSSR count). The van der Waals surface area contributed by atoms with Gasteiger partial charge in [0.2, 0.25) is 5.28 Å². The number of halogens is 1. The Hall–Kier alpha value is -3.10. The molecule has 0 aliphatic carbocycles. The first-order valence-electron chi connectivity index (χ1n) is 8.25. The fourth-order valence-corrected chi connectivity index (χ4v) is 3.75. The van der Waals surface area contributed by atoms with Gasteiger partial charge < -0.3 is 4.74 Å². The first-order chi connectivity index (χ1) is 13.5. The lowest BCUT2D eigenvalue weighted by molar-refractivity contribution is 0.102. The molecule has 4 aromatic rings. The van der Waals surface area contributed by atoms with Gasteiger partial charge in [-0.1, -0.05) is 29.5 Å². The number of ether oxygens (including phenoxy) is 1. The number of hydrogen-bond acceptors (Lipinski definition) is 7. The summed E-state index contributed by atoms with van der Waals surface area (Å²) in [7, 11) is 1.60. The van der Waals surface area contributed by atoms with E-state index in [9.17, 15) is 4.79 Å². The summed E-state index contributed by atoms with van der Waals surface area (Å²) in [4.78, 5) is 30.2. The molecule has 9 heteroatoms. The van der Waals surface area contributed by atoms with Crippen LogP contribution in [-0.4, -0.2) is 33.0 Å². The monoisotopic (exact) mass is 411 g/mol. The van der Waals surface area contributed by atoms with Crippen LogP contribution in [0.15, 0.2) is 42.7 Å². The average Bonchev–Trinajstić information content (AvgIpc) is 3.09. The van der Waals surface area contributed by atoms with Crippen molar-refractivity contribution in [2.75, 3.05) is 12.4 Å². The summed E-state index contributed by atoms with van der Waals surface area (Å²) in [5.41, 5.74) is 3.31. The van der Waals surface area contributed by atoms with Crippen molar-refractivity contribution in [2.24, 2.45) is 0 Å². The van der Waals surface area contributed by atoms with Gasteiger partial charge in [-0.25, -0.2) is 15.0 Å². The normalized spacial score (nSPS) is 10.8. The predicted octanol–water partition coefficient (Wildman–Crippen LogP) is 4.37. The number of anilines is 1. The van der Waals surface area contributed by atoms with Crippen LogP contribution < -0.4 is 10.1 Å². The number of carbonyl (C=O) groups is 1. The topological polar surface area (TPSA) is 89.9 Å². The van der Waals surface area contributed by atoms with Crippen molar-refractivity contribution in [3.05, 3.63) is 59.3 Å². The molecule has 1 N–H and O–H groups in total. The van der Waals surface area contributed by atoms with Crippen molar-refractivity contribution in [1.82, 2.24) is 19.9 Å². The Morgan fingerprint density at radius 1 is 1.14 bits per heavy atom. The molecule has 0 saturated heterocycles. The van der Waals surface area contributed by atoms with Gasteiger partial charge in [-0.05, 0) is 30.7 Å².